The molecule has 14 heavy (non-hydrogen) atoms. The summed E-state index contributed by atoms with van der Waals surface area (Å²) in [5.41, 5.74) is 1.41. The van der Waals surface area contributed by atoms with Crippen molar-refractivity contribution in [3.63, 3.8) is 0 Å². The first kappa shape index (κ1) is 8.04. The molecule has 3 rings (SSSR count). The molecule has 1 fully saturated rings. The molecule has 0 unspecified atom stereocenters. The fourth-order valence-corrected chi connectivity index (χ4v) is 2.53. The Morgan fingerprint density at radius 2 is 2.07 bits per heavy atom. The van der Waals surface area contributed by atoms with Gasteiger partial charge in [-0.05, 0) is 18.4 Å². The van der Waals surface area contributed by atoms with Gasteiger partial charge in [-0.1, -0.05) is 30.3 Å². The third-order valence-corrected chi connectivity index (χ3v) is 3.24. The Morgan fingerprint density at radius 3 is 2.93 bits per heavy atom. The van der Waals surface area contributed by atoms with Gasteiger partial charge in [-0.25, -0.2) is 0 Å². The number of benzene rings is 1. The zero-order chi connectivity index (χ0) is 9.38. The largest absolute Gasteiger partial charge is 0.293 e. The number of hydrogen-bond donors (Lipinski definition) is 0. The van der Waals surface area contributed by atoms with Gasteiger partial charge in [0.15, 0.2) is 0 Å². The standard InChI is InChI=1S/C12H14N2/c1-2-5-10(6-3-1)11-9-13-14-8-4-7-12(11)14/h1-3,5-6,9,11-12H,4,7-8H2/t11-,12-/m0/s1. The van der Waals surface area contributed by atoms with Gasteiger partial charge >= 0.3 is 0 Å². The van der Waals surface area contributed by atoms with Gasteiger partial charge < -0.3 is 0 Å². The lowest BCUT2D eigenvalue weighted by Crippen LogP contribution is -2.24. The zero-order valence-corrected chi connectivity index (χ0v) is 8.13. The van der Waals surface area contributed by atoms with Gasteiger partial charge in [0.25, 0.3) is 0 Å². The second-order valence-electron chi connectivity index (χ2n) is 4.07. The van der Waals surface area contributed by atoms with Crippen LogP contribution in [0.15, 0.2) is 35.4 Å². The number of fused-ring (bicyclic) bond motifs is 1. The van der Waals surface area contributed by atoms with Crippen molar-refractivity contribution in [3.8, 4) is 0 Å². The number of hydrazone groups is 1. The topological polar surface area (TPSA) is 15.6 Å². The van der Waals surface area contributed by atoms with Crippen LogP contribution in [0, 0.1) is 0 Å². The van der Waals surface area contributed by atoms with Crippen LogP contribution < -0.4 is 0 Å². The van der Waals surface area contributed by atoms with E-state index in [9.17, 15) is 0 Å². The summed E-state index contributed by atoms with van der Waals surface area (Å²) in [7, 11) is 0. The molecular formula is C12H14N2. The van der Waals surface area contributed by atoms with Crippen LogP contribution in [0.2, 0.25) is 0 Å². The summed E-state index contributed by atoms with van der Waals surface area (Å²) in [5, 5.41) is 6.71. The van der Waals surface area contributed by atoms with Crippen molar-refractivity contribution in [1.82, 2.24) is 5.01 Å². The average molecular weight is 186 g/mol. The first-order valence-corrected chi connectivity index (χ1v) is 5.31. The fraction of sp³-hybridized carbons (Fsp3) is 0.417. The highest BCUT2D eigenvalue weighted by Crippen LogP contribution is 2.34. The minimum absolute atomic E-state index is 0.527. The van der Waals surface area contributed by atoms with Crippen molar-refractivity contribution in [2.75, 3.05) is 6.54 Å². The Hall–Kier alpha value is -1.31. The Morgan fingerprint density at radius 1 is 1.21 bits per heavy atom. The summed E-state index contributed by atoms with van der Waals surface area (Å²) in [6, 6.07) is 11.3. The third-order valence-electron chi connectivity index (χ3n) is 3.24. The number of rotatable bonds is 1. The summed E-state index contributed by atoms with van der Waals surface area (Å²) >= 11 is 0. The van der Waals surface area contributed by atoms with Gasteiger partial charge in [-0.2, -0.15) is 5.10 Å². The molecule has 0 saturated carbocycles. The Bertz CT molecular complexity index is 345. The highest BCUT2D eigenvalue weighted by molar-refractivity contribution is 5.71. The zero-order valence-electron chi connectivity index (χ0n) is 8.13. The predicted octanol–water partition coefficient (Wildman–Crippen LogP) is 2.23. The number of nitrogens with zero attached hydrogens (tertiary/aromatic N) is 2. The molecular weight excluding hydrogens is 172 g/mol. The summed E-state index contributed by atoms with van der Waals surface area (Å²) < 4.78 is 0. The quantitative estimate of drug-likeness (QED) is 0.656. The van der Waals surface area contributed by atoms with E-state index >= 15 is 0 Å². The molecule has 1 saturated heterocycles. The molecule has 2 aliphatic rings. The van der Waals surface area contributed by atoms with Crippen LogP contribution in [0.4, 0.5) is 0 Å². The van der Waals surface area contributed by atoms with E-state index in [0.717, 1.165) is 6.54 Å². The van der Waals surface area contributed by atoms with Crippen LogP contribution in [-0.4, -0.2) is 23.8 Å². The summed E-state index contributed by atoms with van der Waals surface area (Å²) in [6.45, 7) is 1.14. The maximum absolute atomic E-state index is 4.46. The summed E-state index contributed by atoms with van der Waals surface area (Å²) in [5.74, 6) is 0.527. The maximum Gasteiger partial charge on any atom is 0.0590 e. The van der Waals surface area contributed by atoms with Crippen LogP contribution in [0.3, 0.4) is 0 Å². The molecule has 2 heterocycles. The van der Waals surface area contributed by atoms with Crippen LogP contribution in [0.5, 0.6) is 0 Å². The lowest BCUT2D eigenvalue weighted by Gasteiger charge is -2.19. The minimum atomic E-state index is 0.527. The lowest BCUT2D eigenvalue weighted by molar-refractivity contribution is 0.285. The SMILES string of the molecule is C1=NN2CCC[C@H]2[C@@H]1c1ccccc1. The first-order valence-electron chi connectivity index (χ1n) is 5.31. The molecule has 0 bridgehead atoms. The molecule has 2 nitrogen and oxygen atoms in total. The van der Waals surface area contributed by atoms with Crippen LogP contribution in [0.1, 0.15) is 24.3 Å². The summed E-state index contributed by atoms with van der Waals surface area (Å²) in [6.07, 6.45) is 4.70. The van der Waals surface area contributed by atoms with Gasteiger partial charge in [0, 0.05) is 18.7 Å². The second-order valence-corrected chi connectivity index (χ2v) is 4.07. The number of hydrogen-bond acceptors (Lipinski definition) is 2. The molecule has 2 aliphatic heterocycles. The first-order chi connectivity index (χ1) is 6.95. The maximum atomic E-state index is 4.46. The lowest BCUT2D eigenvalue weighted by atomic mass is 9.92. The average Bonchev–Trinajstić information content (AvgIpc) is 2.79. The van der Waals surface area contributed by atoms with E-state index in [1.54, 1.807) is 0 Å². The van der Waals surface area contributed by atoms with Gasteiger partial charge in [-0.15, -0.1) is 0 Å². The molecule has 0 radical (unpaired) electrons. The molecule has 1 aromatic carbocycles. The third kappa shape index (κ3) is 1.14. The van der Waals surface area contributed by atoms with E-state index in [1.165, 1.54) is 18.4 Å². The van der Waals surface area contributed by atoms with Gasteiger partial charge in [-0.3, -0.25) is 5.01 Å². The predicted molar refractivity (Wildman–Crippen MR) is 57.4 cm³/mol. The van der Waals surface area contributed by atoms with Crippen LogP contribution >= 0.6 is 0 Å². The van der Waals surface area contributed by atoms with Crippen molar-refractivity contribution in [2.24, 2.45) is 5.10 Å². The fourth-order valence-electron chi connectivity index (χ4n) is 2.53. The Kier molecular flexibility index (Phi) is 1.79. The molecule has 2 atom stereocenters. The second kappa shape index (κ2) is 3.12. The van der Waals surface area contributed by atoms with Crippen LogP contribution in [0.25, 0.3) is 0 Å². The molecule has 0 amide bonds. The molecule has 0 spiro atoms. The normalized spacial score (nSPS) is 29.6. The molecule has 0 N–H and O–H groups in total. The molecule has 0 aliphatic carbocycles. The Balaban J connectivity index is 1.90. The van der Waals surface area contributed by atoms with Gasteiger partial charge in [0.05, 0.1) is 6.04 Å². The minimum Gasteiger partial charge on any atom is -0.293 e. The van der Waals surface area contributed by atoms with Crippen molar-refractivity contribution in [3.05, 3.63) is 35.9 Å². The van der Waals surface area contributed by atoms with E-state index in [1.807, 2.05) is 0 Å². The van der Waals surface area contributed by atoms with Crippen LogP contribution in [-0.2, 0) is 0 Å². The highest BCUT2D eigenvalue weighted by atomic mass is 15.5. The molecule has 0 aromatic heterocycles. The van der Waals surface area contributed by atoms with Crippen molar-refractivity contribution in [2.45, 2.75) is 24.8 Å². The van der Waals surface area contributed by atoms with Crippen molar-refractivity contribution in [1.29, 1.82) is 0 Å². The van der Waals surface area contributed by atoms with E-state index in [0.29, 0.717) is 12.0 Å². The van der Waals surface area contributed by atoms with E-state index in [-0.39, 0.29) is 0 Å². The van der Waals surface area contributed by atoms with Crippen molar-refractivity contribution >= 4 is 6.21 Å². The Labute approximate surface area is 84.2 Å². The molecule has 1 aromatic rings. The summed E-state index contributed by atoms with van der Waals surface area (Å²) in [4.78, 5) is 0. The molecule has 72 valence electrons. The van der Waals surface area contributed by atoms with E-state index in [4.69, 9.17) is 0 Å². The molecule has 2 heteroatoms. The van der Waals surface area contributed by atoms with E-state index in [2.05, 4.69) is 46.7 Å². The smallest absolute Gasteiger partial charge is 0.0590 e. The van der Waals surface area contributed by atoms with Gasteiger partial charge in [0.1, 0.15) is 0 Å². The van der Waals surface area contributed by atoms with Gasteiger partial charge in [0.2, 0.25) is 0 Å². The van der Waals surface area contributed by atoms with E-state index < -0.39 is 0 Å². The van der Waals surface area contributed by atoms with Crippen molar-refractivity contribution < 1.29 is 0 Å². The highest BCUT2D eigenvalue weighted by Gasteiger charge is 2.34. The monoisotopic (exact) mass is 186 g/mol.